The zero-order chi connectivity index (χ0) is 22.5. The van der Waals surface area contributed by atoms with Gasteiger partial charge in [0.2, 0.25) is 0 Å². The van der Waals surface area contributed by atoms with Crippen molar-refractivity contribution in [2.24, 2.45) is 5.92 Å². The summed E-state index contributed by atoms with van der Waals surface area (Å²) in [5, 5.41) is 24.0. The van der Waals surface area contributed by atoms with Gasteiger partial charge in [-0.15, -0.1) is 11.3 Å². The largest absolute Gasteiger partial charge is 0.395 e. The summed E-state index contributed by atoms with van der Waals surface area (Å²) in [5.74, 6) is -0.454. The number of benzene rings is 1. The fraction of sp³-hybridized carbons (Fsp3) is 0.292. The van der Waals surface area contributed by atoms with Gasteiger partial charge in [-0.2, -0.15) is 5.10 Å². The number of thiophene rings is 1. The number of aliphatic hydroxyl groups is 1. The number of piperidine rings is 1. The summed E-state index contributed by atoms with van der Waals surface area (Å²) in [7, 11) is 0. The topological polar surface area (TPSA) is 112 Å². The molecular formula is C24H23N5O3S. The minimum absolute atomic E-state index is 0.0965. The highest BCUT2D eigenvalue weighted by Gasteiger charge is 2.36. The van der Waals surface area contributed by atoms with Crippen molar-refractivity contribution in [3.8, 4) is 0 Å². The van der Waals surface area contributed by atoms with Crippen molar-refractivity contribution in [1.29, 1.82) is 0 Å². The second-order valence-corrected chi connectivity index (χ2v) is 9.59. The average Bonchev–Trinajstić information content (AvgIpc) is 3.57. The number of nitrogens with one attached hydrogen (secondary N) is 3. The maximum atomic E-state index is 13.0. The van der Waals surface area contributed by atoms with Crippen LogP contribution >= 0.6 is 11.3 Å². The van der Waals surface area contributed by atoms with Crippen molar-refractivity contribution in [2.75, 3.05) is 13.2 Å². The molecule has 0 aliphatic carbocycles. The SMILES string of the molecule is O=C1NC(=O)C(c2nn(CC3CCNC(CO)C3)c3ccccc23)=C1c1c[nH]c2sccc12. The molecule has 1 saturated heterocycles. The summed E-state index contributed by atoms with van der Waals surface area (Å²) in [5.41, 5.74) is 2.86. The third-order valence-electron chi connectivity index (χ3n) is 6.65. The van der Waals surface area contributed by atoms with Crippen molar-refractivity contribution < 1.29 is 14.7 Å². The number of nitrogens with zero attached hydrogens (tertiary/aromatic N) is 2. The van der Waals surface area contributed by atoms with Gasteiger partial charge in [-0.05, 0) is 42.8 Å². The molecule has 9 heteroatoms. The molecule has 33 heavy (non-hydrogen) atoms. The normalized spacial score (nSPS) is 21.5. The molecule has 2 amide bonds. The van der Waals surface area contributed by atoms with Crippen LogP contribution in [0.15, 0.2) is 41.9 Å². The Labute approximate surface area is 193 Å². The van der Waals surface area contributed by atoms with Crippen LogP contribution in [0.3, 0.4) is 0 Å². The number of hydrogen-bond acceptors (Lipinski definition) is 6. The second kappa shape index (κ2) is 7.95. The van der Waals surface area contributed by atoms with Crippen molar-refractivity contribution in [3.05, 3.63) is 53.2 Å². The molecular weight excluding hydrogens is 438 g/mol. The Balaban J connectivity index is 1.49. The first-order valence-electron chi connectivity index (χ1n) is 11.1. The predicted molar refractivity (Wildman–Crippen MR) is 127 cm³/mol. The van der Waals surface area contributed by atoms with E-state index in [0.29, 0.717) is 34.9 Å². The molecule has 1 aromatic carbocycles. The van der Waals surface area contributed by atoms with Gasteiger partial charge >= 0.3 is 0 Å². The molecule has 3 aromatic heterocycles. The van der Waals surface area contributed by atoms with E-state index in [9.17, 15) is 14.7 Å². The third-order valence-corrected chi connectivity index (χ3v) is 7.50. The lowest BCUT2D eigenvalue weighted by molar-refractivity contribution is -0.122. The highest BCUT2D eigenvalue weighted by atomic mass is 32.1. The Morgan fingerprint density at radius 3 is 2.85 bits per heavy atom. The predicted octanol–water partition coefficient (Wildman–Crippen LogP) is 2.51. The first-order valence-corrected chi connectivity index (χ1v) is 12.0. The Hall–Kier alpha value is -3.27. The average molecular weight is 462 g/mol. The molecule has 1 fully saturated rings. The number of carbonyl (C=O) groups excluding carboxylic acids is 2. The number of aliphatic hydroxyl groups excluding tert-OH is 1. The van der Waals surface area contributed by atoms with Crippen molar-refractivity contribution in [2.45, 2.75) is 25.4 Å². The lowest BCUT2D eigenvalue weighted by atomic mass is 9.93. The number of aromatic nitrogens is 3. The number of amides is 2. The molecule has 2 aliphatic heterocycles. The number of para-hydroxylation sites is 1. The van der Waals surface area contributed by atoms with E-state index < -0.39 is 11.8 Å². The molecule has 168 valence electrons. The summed E-state index contributed by atoms with van der Waals surface area (Å²) >= 11 is 1.56. The van der Waals surface area contributed by atoms with E-state index >= 15 is 0 Å². The minimum Gasteiger partial charge on any atom is -0.395 e. The maximum absolute atomic E-state index is 13.0. The summed E-state index contributed by atoms with van der Waals surface area (Å²) in [6.07, 6.45) is 3.65. The van der Waals surface area contributed by atoms with Crippen LogP contribution in [0, 0.1) is 5.92 Å². The van der Waals surface area contributed by atoms with Crippen LogP contribution in [0.1, 0.15) is 24.1 Å². The van der Waals surface area contributed by atoms with Gasteiger partial charge in [0.05, 0.1) is 23.3 Å². The highest BCUT2D eigenvalue weighted by molar-refractivity contribution is 7.16. The summed E-state index contributed by atoms with van der Waals surface area (Å²) in [4.78, 5) is 30.1. The van der Waals surface area contributed by atoms with E-state index in [1.54, 1.807) is 17.5 Å². The molecule has 0 bridgehead atoms. The van der Waals surface area contributed by atoms with Gasteiger partial charge in [-0.3, -0.25) is 19.6 Å². The molecule has 5 heterocycles. The highest BCUT2D eigenvalue weighted by Crippen LogP contribution is 2.38. The van der Waals surface area contributed by atoms with Crippen molar-refractivity contribution in [3.63, 3.8) is 0 Å². The standard InChI is InChI=1S/C24H23N5O3S/c30-12-14-9-13(5-7-25-14)11-29-18-4-2-1-3-16(18)21(28-29)20-19(22(31)27-23(20)32)17-10-26-24-15(17)6-8-33-24/h1-4,6,8,10,13-14,25-26,30H,5,7,9,11-12H2,(H,27,31,32). The lowest BCUT2D eigenvalue weighted by Crippen LogP contribution is -2.41. The van der Waals surface area contributed by atoms with Crippen LogP contribution in [-0.2, 0) is 16.1 Å². The van der Waals surface area contributed by atoms with Gasteiger partial charge in [-0.25, -0.2) is 0 Å². The number of imide groups is 1. The number of carbonyl (C=O) groups is 2. The quantitative estimate of drug-likeness (QED) is 0.341. The Morgan fingerprint density at radius 1 is 1.12 bits per heavy atom. The first kappa shape index (κ1) is 20.3. The van der Waals surface area contributed by atoms with Crippen LogP contribution in [0.4, 0.5) is 0 Å². The fourth-order valence-electron chi connectivity index (χ4n) is 5.09. The van der Waals surface area contributed by atoms with Crippen LogP contribution in [0.2, 0.25) is 0 Å². The van der Waals surface area contributed by atoms with E-state index in [2.05, 4.69) is 15.6 Å². The molecule has 6 rings (SSSR count). The molecule has 0 saturated carbocycles. The summed E-state index contributed by atoms with van der Waals surface area (Å²) < 4.78 is 1.95. The molecule has 4 aromatic rings. The molecule has 0 radical (unpaired) electrons. The van der Waals surface area contributed by atoms with Gasteiger partial charge in [0.1, 0.15) is 10.5 Å². The maximum Gasteiger partial charge on any atom is 0.261 e. The number of rotatable bonds is 5. The first-order chi connectivity index (χ1) is 16.1. The molecule has 2 aliphatic rings. The summed E-state index contributed by atoms with van der Waals surface area (Å²) in [6, 6.07) is 9.88. The Bertz CT molecular complexity index is 1430. The number of aromatic amines is 1. The monoisotopic (exact) mass is 461 g/mol. The lowest BCUT2D eigenvalue weighted by Gasteiger charge is -2.29. The zero-order valence-electron chi connectivity index (χ0n) is 17.8. The number of hydrogen-bond donors (Lipinski definition) is 4. The second-order valence-electron chi connectivity index (χ2n) is 8.67. The smallest absolute Gasteiger partial charge is 0.261 e. The van der Waals surface area contributed by atoms with Crippen LogP contribution < -0.4 is 10.6 Å². The van der Waals surface area contributed by atoms with Crippen LogP contribution in [0.5, 0.6) is 0 Å². The van der Waals surface area contributed by atoms with E-state index in [-0.39, 0.29) is 12.6 Å². The van der Waals surface area contributed by atoms with Crippen molar-refractivity contribution in [1.82, 2.24) is 25.4 Å². The molecule has 2 unspecified atom stereocenters. The van der Waals surface area contributed by atoms with Gasteiger partial charge < -0.3 is 15.4 Å². The number of fused-ring (bicyclic) bond motifs is 2. The zero-order valence-corrected chi connectivity index (χ0v) is 18.6. The Kier molecular flexibility index (Phi) is 4.90. The van der Waals surface area contributed by atoms with Gasteiger partial charge in [0.15, 0.2) is 0 Å². The van der Waals surface area contributed by atoms with E-state index in [1.165, 1.54) is 0 Å². The third kappa shape index (κ3) is 3.31. The molecule has 0 spiro atoms. The summed E-state index contributed by atoms with van der Waals surface area (Å²) in [6.45, 7) is 1.67. The van der Waals surface area contributed by atoms with E-state index in [0.717, 1.165) is 40.5 Å². The van der Waals surface area contributed by atoms with Gasteiger partial charge in [0, 0.05) is 35.1 Å². The number of H-pyrrole nitrogens is 1. The van der Waals surface area contributed by atoms with Crippen LogP contribution in [-0.4, -0.2) is 50.9 Å². The van der Waals surface area contributed by atoms with Crippen LogP contribution in [0.25, 0.3) is 32.3 Å². The molecule has 4 N–H and O–H groups in total. The van der Waals surface area contributed by atoms with Gasteiger partial charge in [0.25, 0.3) is 11.8 Å². The van der Waals surface area contributed by atoms with E-state index in [4.69, 9.17) is 5.10 Å². The minimum atomic E-state index is -0.419. The van der Waals surface area contributed by atoms with E-state index in [1.807, 2.05) is 40.4 Å². The Morgan fingerprint density at radius 2 is 1.97 bits per heavy atom. The molecule has 8 nitrogen and oxygen atoms in total. The van der Waals surface area contributed by atoms with Crippen molar-refractivity contribution >= 4 is 55.4 Å². The molecule has 2 atom stereocenters. The van der Waals surface area contributed by atoms with Gasteiger partial charge in [-0.1, -0.05) is 18.2 Å². The fourth-order valence-corrected chi connectivity index (χ4v) is 5.86.